The zero-order valence-corrected chi connectivity index (χ0v) is 16.7. The zero-order valence-electron chi connectivity index (χ0n) is 16.7. The Morgan fingerprint density at radius 2 is 1.87 bits per heavy atom. The monoisotopic (exact) mass is 409 g/mol. The summed E-state index contributed by atoms with van der Waals surface area (Å²) in [7, 11) is 0. The zero-order chi connectivity index (χ0) is 20.8. The molecule has 1 aromatic heterocycles. The van der Waals surface area contributed by atoms with Crippen molar-refractivity contribution in [3.63, 3.8) is 0 Å². The lowest BCUT2D eigenvalue weighted by Crippen LogP contribution is -2.31. The van der Waals surface area contributed by atoms with Gasteiger partial charge in [-0.2, -0.15) is 0 Å². The first-order chi connectivity index (χ1) is 15.2. The summed E-state index contributed by atoms with van der Waals surface area (Å²) in [6.45, 7) is 0.286. The van der Waals surface area contributed by atoms with Crippen LogP contribution in [-0.4, -0.2) is 17.6 Å². The molecule has 3 aromatic rings. The van der Waals surface area contributed by atoms with E-state index in [9.17, 15) is 0 Å². The summed E-state index contributed by atoms with van der Waals surface area (Å²) in [6, 6.07) is 17.3. The van der Waals surface area contributed by atoms with E-state index in [1.165, 1.54) is 12.8 Å². The Morgan fingerprint density at radius 3 is 2.61 bits per heavy atom. The van der Waals surface area contributed by atoms with E-state index in [4.69, 9.17) is 24.9 Å². The molecule has 0 bridgehead atoms. The molecule has 1 aliphatic carbocycles. The first kappa shape index (κ1) is 17.8. The lowest BCUT2D eigenvalue weighted by atomic mass is 9.80. The number of rotatable bonds is 2. The molecule has 0 saturated heterocycles. The van der Waals surface area contributed by atoms with Crippen molar-refractivity contribution in [2.24, 2.45) is 16.6 Å². The topological polar surface area (TPSA) is 79.0 Å². The van der Waals surface area contributed by atoms with Gasteiger partial charge < -0.3 is 19.9 Å². The van der Waals surface area contributed by atoms with Crippen molar-refractivity contribution in [3.05, 3.63) is 77.5 Å². The summed E-state index contributed by atoms with van der Waals surface area (Å²) in [6.07, 6.45) is 4.06. The summed E-state index contributed by atoms with van der Waals surface area (Å²) in [4.78, 5) is 8.97. The van der Waals surface area contributed by atoms with Crippen molar-refractivity contribution >= 4 is 6.02 Å². The van der Waals surface area contributed by atoms with Crippen LogP contribution in [0.5, 0.6) is 23.1 Å². The second-order valence-corrected chi connectivity index (χ2v) is 7.88. The third-order valence-corrected chi connectivity index (χ3v) is 5.63. The van der Waals surface area contributed by atoms with Crippen LogP contribution in [0, 0.1) is 17.8 Å². The molecule has 0 radical (unpaired) electrons. The number of amidine groups is 1. The predicted molar refractivity (Wildman–Crippen MR) is 115 cm³/mol. The Balaban J connectivity index is 1.46. The van der Waals surface area contributed by atoms with Crippen molar-refractivity contribution in [2.45, 2.75) is 18.4 Å². The minimum atomic E-state index is -0.812. The predicted octanol–water partition coefficient (Wildman–Crippen LogP) is 4.33. The number of pyridine rings is 1. The second-order valence-electron chi connectivity index (χ2n) is 7.88. The highest BCUT2D eigenvalue weighted by Crippen LogP contribution is 2.52. The van der Waals surface area contributed by atoms with Gasteiger partial charge in [-0.15, -0.1) is 0 Å². The van der Waals surface area contributed by atoms with E-state index in [0.717, 1.165) is 22.4 Å². The number of ether oxygens (including phenoxy) is 3. The fourth-order valence-electron chi connectivity index (χ4n) is 3.92. The first-order valence-corrected chi connectivity index (χ1v) is 10.3. The van der Waals surface area contributed by atoms with Crippen LogP contribution in [0.25, 0.3) is 0 Å². The standard InChI is InChI=1S/C25H19N3O3/c26-24-28-25(15-29-24)19-13-17(7-6-16-4-5-16)8-10-21(19)31-22-11-9-18(14-20(22)25)30-23-3-1-2-12-27-23/h1-3,8-14,16H,4-5,15H2,(H2,26,28)/t25-/m0/s1. The van der Waals surface area contributed by atoms with Crippen molar-refractivity contribution in [3.8, 4) is 35.0 Å². The molecule has 3 heterocycles. The molecular formula is C25H19N3O3. The van der Waals surface area contributed by atoms with E-state index in [1.54, 1.807) is 12.3 Å². The Hall–Kier alpha value is -3.98. The Bertz CT molecular complexity index is 1270. The molecule has 1 spiro atoms. The van der Waals surface area contributed by atoms with Crippen molar-refractivity contribution in [1.29, 1.82) is 0 Å². The number of nitrogens with zero attached hydrogens (tertiary/aromatic N) is 2. The van der Waals surface area contributed by atoms with Crippen LogP contribution < -0.4 is 15.2 Å². The minimum absolute atomic E-state index is 0.157. The minimum Gasteiger partial charge on any atom is -0.462 e. The lowest BCUT2D eigenvalue weighted by molar-refractivity contribution is 0.264. The van der Waals surface area contributed by atoms with Gasteiger partial charge in [0.05, 0.1) is 0 Å². The highest BCUT2D eigenvalue weighted by molar-refractivity contribution is 5.77. The van der Waals surface area contributed by atoms with Crippen molar-refractivity contribution in [1.82, 2.24) is 4.98 Å². The molecule has 6 heteroatoms. The highest BCUT2D eigenvalue weighted by Gasteiger charge is 2.47. The van der Waals surface area contributed by atoms with Gasteiger partial charge in [-0.05, 0) is 55.3 Å². The third-order valence-electron chi connectivity index (χ3n) is 5.63. The van der Waals surface area contributed by atoms with Gasteiger partial charge in [-0.1, -0.05) is 17.9 Å². The molecule has 1 fully saturated rings. The maximum atomic E-state index is 6.21. The summed E-state index contributed by atoms with van der Waals surface area (Å²) in [5.74, 6) is 9.69. The number of aliphatic imine (C=N–C) groups is 1. The van der Waals surface area contributed by atoms with Gasteiger partial charge in [0.25, 0.3) is 6.02 Å². The van der Waals surface area contributed by atoms with Gasteiger partial charge in [0.1, 0.15) is 23.9 Å². The summed E-state index contributed by atoms with van der Waals surface area (Å²) >= 11 is 0. The average molecular weight is 409 g/mol. The van der Waals surface area contributed by atoms with E-state index in [2.05, 4.69) is 16.8 Å². The molecule has 152 valence electrons. The molecule has 31 heavy (non-hydrogen) atoms. The van der Waals surface area contributed by atoms with E-state index < -0.39 is 5.54 Å². The number of hydrogen-bond donors (Lipinski definition) is 1. The number of aromatic nitrogens is 1. The van der Waals surface area contributed by atoms with E-state index in [-0.39, 0.29) is 12.6 Å². The molecule has 0 unspecified atom stereocenters. The molecule has 2 aliphatic heterocycles. The Morgan fingerprint density at radius 1 is 1.03 bits per heavy atom. The summed E-state index contributed by atoms with van der Waals surface area (Å²) in [5.41, 5.74) is 7.82. The van der Waals surface area contributed by atoms with Gasteiger partial charge in [0.2, 0.25) is 5.88 Å². The molecule has 1 atom stereocenters. The molecule has 2 aromatic carbocycles. The van der Waals surface area contributed by atoms with Crippen LogP contribution in [0.2, 0.25) is 0 Å². The van der Waals surface area contributed by atoms with Gasteiger partial charge in [0.15, 0.2) is 5.54 Å². The second kappa shape index (κ2) is 6.78. The molecule has 0 amide bonds. The average Bonchev–Trinajstić information content (AvgIpc) is 3.55. The highest BCUT2D eigenvalue weighted by atomic mass is 16.5. The molecule has 6 rings (SSSR count). The van der Waals surface area contributed by atoms with Crippen LogP contribution in [0.4, 0.5) is 0 Å². The maximum Gasteiger partial charge on any atom is 0.283 e. The van der Waals surface area contributed by atoms with Crippen LogP contribution in [0.1, 0.15) is 29.5 Å². The van der Waals surface area contributed by atoms with E-state index >= 15 is 0 Å². The van der Waals surface area contributed by atoms with Gasteiger partial charge in [-0.25, -0.2) is 9.98 Å². The maximum absolute atomic E-state index is 6.21. The smallest absolute Gasteiger partial charge is 0.283 e. The van der Waals surface area contributed by atoms with Gasteiger partial charge in [0, 0.05) is 34.9 Å². The number of nitrogens with two attached hydrogens (primary N) is 1. The molecule has 6 nitrogen and oxygen atoms in total. The molecule has 1 saturated carbocycles. The van der Waals surface area contributed by atoms with Crippen LogP contribution in [-0.2, 0) is 10.3 Å². The quantitative estimate of drug-likeness (QED) is 0.638. The van der Waals surface area contributed by atoms with E-state index in [0.29, 0.717) is 23.3 Å². The number of hydrogen-bond acceptors (Lipinski definition) is 6. The molecule has 3 aliphatic rings. The van der Waals surface area contributed by atoms with Crippen molar-refractivity contribution < 1.29 is 14.2 Å². The van der Waals surface area contributed by atoms with Gasteiger partial charge in [-0.3, -0.25) is 0 Å². The third kappa shape index (κ3) is 3.15. The summed E-state index contributed by atoms with van der Waals surface area (Å²) < 4.78 is 17.8. The molecular weight excluding hydrogens is 390 g/mol. The lowest BCUT2D eigenvalue weighted by Gasteiger charge is -2.33. The number of benzene rings is 2. The first-order valence-electron chi connectivity index (χ1n) is 10.3. The SMILES string of the molecule is NC1=N[C@@]2(CO1)c1cc(C#CC3CC3)ccc1Oc1ccc(Oc3ccccn3)cc12. The van der Waals surface area contributed by atoms with Crippen LogP contribution in [0.15, 0.2) is 65.8 Å². The van der Waals surface area contributed by atoms with Crippen LogP contribution in [0.3, 0.4) is 0 Å². The van der Waals surface area contributed by atoms with E-state index in [1.807, 2.05) is 48.5 Å². The molecule has 2 N–H and O–H groups in total. The van der Waals surface area contributed by atoms with Crippen molar-refractivity contribution in [2.75, 3.05) is 6.61 Å². The fourth-order valence-corrected chi connectivity index (χ4v) is 3.92. The Labute approximate surface area is 179 Å². The number of fused-ring (bicyclic) bond motifs is 4. The summed E-state index contributed by atoms with van der Waals surface area (Å²) in [5, 5.41) is 0. The fraction of sp³-hybridized carbons (Fsp3) is 0.200. The largest absolute Gasteiger partial charge is 0.462 e. The van der Waals surface area contributed by atoms with Gasteiger partial charge >= 0.3 is 0 Å². The Kier molecular flexibility index (Phi) is 3.90. The normalized spacial score (nSPS) is 20.5. The van der Waals surface area contributed by atoms with Crippen LogP contribution >= 0.6 is 0 Å².